The second-order valence-corrected chi connectivity index (χ2v) is 6.31. The highest BCUT2D eigenvalue weighted by atomic mass is 35.5. The molecule has 1 atom stereocenters. The lowest BCUT2D eigenvalue weighted by Gasteiger charge is -2.15. The normalized spacial score (nSPS) is 11.0. The molecule has 1 heterocycles. The predicted octanol–water partition coefficient (Wildman–Crippen LogP) is 4.58. The van der Waals surface area contributed by atoms with Gasteiger partial charge in [0, 0.05) is 11.9 Å². The maximum atomic E-state index is 9.74. The van der Waals surface area contributed by atoms with Crippen molar-refractivity contribution in [2.45, 2.75) is 12.8 Å². The minimum absolute atomic E-state index is 0.333. The molecule has 3 rings (SSSR count). The molecule has 0 fully saturated rings. The summed E-state index contributed by atoms with van der Waals surface area (Å²) in [6.45, 7) is 1.78. The second kappa shape index (κ2) is 8.18. The van der Waals surface area contributed by atoms with Gasteiger partial charge in [-0.1, -0.05) is 17.7 Å². The van der Waals surface area contributed by atoms with Gasteiger partial charge >= 0.3 is 0 Å². The molecule has 6 nitrogen and oxygen atoms in total. The third-order valence-electron chi connectivity index (χ3n) is 4.23. The van der Waals surface area contributed by atoms with Crippen molar-refractivity contribution >= 4 is 23.2 Å². The standard InChI is InChI=1S/C21H13ClN6/c1-13-17(7-4-15(11-24)20(13)22)18(12-25)19-8-9-26-21(28-19)27-16-5-2-14(10-23)3-6-16/h2-9,18H,1H3,(H,26,27,28). The van der Waals surface area contributed by atoms with E-state index in [0.29, 0.717) is 38.9 Å². The predicted molar refractivity (Wildman–Crippen MR) is 105 cm³/mol. The highest BCUT2D eigenvalue weighted by Gasteiger charge is 2.20. The van der Waals surface area contributed by atoms with Crippen LogP contribution in [-0.4, -0.2) is 9.97 Å². The van der Waals surface area contributed by atoms with Gasteiger partial charge in [0.1, 0.15) is 12.0 Å². The highest BCUT2D eigenvalue weighted by molar-refractivity contribution is 6.32. The van der Waals surface area contributed by atoms with E-state index in [1.807, 2.05) is 6.07 Å². The number of nitrogens with one attached hydrogen (secondary N) is 1. The first-order valence-electron chi connectivity index (χ1n) is 8.26. The number of aromatic nitrogens is 2. The zero-order valence-electron chi connectivity index (χ0n) is 14.8. The summed E-state index contributed by atoms with van der Waals surface area (Å²) < 4.78 is 0. The van der Waals surface area contributed by atoms with Gasteiger partial charge in [-0.15, -0.1) is 0 Å². The number of rotatable bonds is 4. The Morgan fingerprint density at radius 2 is 1.75 bits per heavy atom. The Hall–Kier alpha value is -3.92. The SMILES string of the molecule is Cc1c(C(C#N)c2ccnc(Nc3ccc(C#N)cc3)n2)ccc(C#N)c1Cl. The lowest BCUT2D eigenvalue weighted by Crippen LogP contribution is -2.07. The van der Waals surface area contributed by atoms with Crippen molar-refractivity contribution < 1.29 is 0 Å². The van der Waals surface area contributed by atoms with Gasteiger partial charge in [0.15, 0.2) is 0 Å². The number of hydrogen-bond donors (Lipinski definition) is 1. The maximum absolute atomic E-state index is 9.74. The molecule has 28 heavy (non-hydrogen) atoms. The number of anilines is 2. The number of benzene rings is 2. The molecule has 0 spiro atoms. The van der Waals surface area contributed by atoms with Crippen molar-refractivity contribution in [3.8, 4) is 18.2 Å². The second-order valence-electron chi connectivity index (χ2n) is 5.93. The lowest BCUT2D eigenvalue weighted by atomic mass is 9.92. The van der Waals surface area contributed by atoms with Crippen molar-refractivity contribution in [3.63, 3.8) is 0 Å². The Bertz CT molecular complexity index is 1150. The Morgan fingerprint density at radius 1 is 1.00 bits per heavy atom. The summed E-state index contributed by atoms with van der Waals surface area (Å²) in [5.74, 6) is -0.324. The molecule has 0 saturated heterocycles. The van der Waals surface area contributed by atoms with Crippen LogP contribution in [0.5, 0.6) is 0 Å². The molecular weight excluding hydrogens is 372 g/mol. The monoisotopic (exact) mass is 384 g/mol. The summed E-state index contributed by atoms with van der Waals surface area (Å²) in [6.07, 6.45) is 1.57. The fourth-order valence-corrected chi connectivity index (χ4v) is 2.96. The van der Waals surface area contributed by atoms with Gasteiger partial charge in [-0.2, -0.15) is 15.8 Å². The van der Waals surface area contributed by atoms with Gasteiger partial charge in [0.05, 0.1) is 34.0 Å². The molecule has 1 unspecified atom stereocenters. The molecule has 0 radical (unpaired) electrons. The molecule has 1 N–H and O–H groups in total. The van der Waals surface area contributed by atoms with E-state index in [2.05, 4.69) is 27.4 Å². The molecule has 0 amide bonds. The van der Waals surface area contributed by atoms with E-state index in [1.54, 1.807) is 55.6 Å². The van der Waals surface area contributed by atoms with Gasteiger partial charge in [0.2, 0.25) is 5.95 Å². The molecule has 134 valence electrons. The van der Waals surface area contributed by atoms with E-state index in [9.17, 15) is 5.26 Å². The van der Waals surface area contributed by atoms with Crippen molar-refractivity contribution in [2.24, 2.45) is 0 Å². The van der Waals surface area contributed by atoms with Crippen molar-refractivity contribution in [1.82, 2.24) is 9.97 Å². The summed E-state index contributed by atoms with van der Waals surface area (Å²) in [7, 11) is 0. The van der Waals surface area contributed by atoms with Crippen LogP contribution >= 0.6 is 11.6 Å². The van der Waals surface area contributed by atoms with Crippen LogP contribution < -0.4 is 5.32 Å². The minimum Gasteiger partial charge on any atom is -0.324 e. The van der Waals surface area contributed by atoms with Gasteiger partial charge in [0.25, 0.3) is 0 Å². The molecule has 0 bridgehead atoms. The molecule has 1 aromatic heterocycles. The molecule has 3 aromatic rings. The summed E-state index contributed by atoms with van der Waals surface area (Å²) >= 11 is 6.25. The number of nitriles is 3. The summed E-state index contributed by atoms with van der Waals surface area (Å²) in [4.78, 5) is 8.64. The average Bonchev–Trinajstić information content (AvgIpc) is 2.73. The van der Waals surface area contributed by atoms with Crippen molar-refractivity contribution in [3.05, 3.63) is 81.6 Å². The van der Waals surface area contributed by atoms with Crippen LogP contribution in [0.3, 0.4) is 0 Å². The van der Waals surface area contributed by atoms with Crippen LogP contribution in [0.25, 0.3) is 0 Å². The average molecular weight is 385 g/mol. The molecule has 7 heteroatoms. The number of hydrogen-bond acceptors (Lipinski definition) is 6. The molecule has 0 aliphatic carbocycles. The lowest BCUT2D eigenvalue weighted by molar-refractivity contribution is 0.938. The van der Waals surface area contributed by atoms with E-state index in [0.717, 1.165) is 5.69 Å². The topological polar surface area (TPSA) is 109 Å². The molecular formula is C21H13ClN6. The fraction of sp³-hybridized carbons (Fsp3) is 0.0952. The number of halogens is 1. The first-order chi connectivity index (χ1) is 13.6. The highest BCUT2D eigenvalue weighted by Crippen LogP contribution is 2.31. The first-order valence-corrected chi connectivity index (χ1v) is 8.64. The number of nitrogens with zero attached hydrogens (tertiary/aromatic N) is 5. The van der Waals surface area contributed by atoms with E-state index in [1.165, 1.54) is 0 Å². The van der Waals surface area contributed by atoms with E-state index >= 15 is 0 Å². The zero-order valence-corrected chi connectivity index (χ0v) is 15.6. The quantitative estimate of drug-likeness (QED) is 0.704. The molecule has 0 saturated carbocycles. The van der Waals surface area contributed by atoms with Crippen LogP contribution in [0.4, 0.5) is 11.6 Å². The first kappa shape index (κ1) is 18.9. The van der Waals surface area contributed by atoms with Crippen LogP contribution in [0.2, 0.25) is 5.02 Å². The van der Waals surface area contributed by atoms with E-state index in [-0.39, 0.29) is 0 Å². The Balaban J connectivity index is 1.94. The maximum Gasteiger partial charge on any atom is 0.227 e. The van der Waals surface area contributed by atoms with Crippen LogP contribution in [0.1, 0.15) is 33.9 Å². The molecule has 0 aliphatic rings. The minimum atomic E-state index is -0.658. The van der Waals surface area contributed by atoms with Crippen molar-refractivity contribution in [1.29, 1.82) is 15.8 Å². The van der Waals surface area contributed by atoms with Crippen LogP contribution in [-0.2, 0) is 0 Å². The van der Waals surface area contributed by atoms with Crippen molar-refractivity contribution in [2.75, 3.05) is 5.32 Å². The Labute approximate surface area is 167 Å². The Morgan fingerprint density at radius 3 is 2.39 bits per heavy atom. The van der Waals surface area contributed by atoms with E-state index < -0.39 is 5.92 Å². The van der Waals surface area contributed by atoms with Gasteiger partial charge < -0.3 is 5.32 Å². The van der Waals surface area contributed by atoms with Crippen LogP contribution in [0.15, 0.2) is 48.7 Å². The fourth-order valence-electron chi connectivity index (χ4n) is 2.74. The van der Waals surface area contributed by atoms with E-state index in [4.69, 9.17) is 22.1 Å². The molecule has 0 aliphatic heterocycles. The zero-order chi connectivity index (χ0) is 20.1. The Kier molecular flexibility index (Phi) is 5.51. The summed E-state index contributed by atoms with van der Waals surface area (Å²) in [6, 6.07) is 18.2. The van der Waals surface area contributed by atoms with Gasteiger partial charge in [-0.05, 0) is 54.4 Å². The van der Waals surface area contributed by atoms with Gasteiger partial charge in [-0.25, -0.2) is 9.97 Å². The van der Waals surface area contributed by atoms with Gasteiger partial charge in [-0.3, -0.25) is 0 Å². The smallest absolute Gasteiger partial charge is 0.227 e. The molecule has 2 aromatic carbocycles. The third-order valence-corrected chi connectivity index (χ3v) is 4.72. The summed E-state index contributed by atoms with van der Waals surface area (Å²) in [5, 5.41) is 31.1. The summed E-state index contributed by atoms with van der Waals surface area (Å²) in [5.41, 5.74) is 3.52. The van der Waals surface area contributed by atoms with Crippen LogP contribution in [0, 0.1) is 40.9 Å². The third kappa shape index (κ3) is 3.76. The largest absolute Gasteiger partial charge is 0.324 e.